The summed E-state index contributed by atoms with van der Waals surface area (Å²) in [5.41, 5.74) is 5.23. The molecule has 6 heteroatoms. The molecule has 1 fully saturated rings. The largest absolute Gasteiger partial charge is 0.465 e. The van der Waals surface area contributed by atoms with Crippen LogP contribution < -0.4 is 10.2 Å². The zero-order chi connectivity index (χ0) is 21.4. The Labute approximate surface area is 182 Å². The first-order valence-electron chi connectivity index (χ1n) is 11.4. The summed E-state index contributed by atoms with van der Waals surface area (Å²) in [6.45, 7) is 5.08. The summed E-state index contributed by atoms with van der Waals surface area (Å²) < 4.78 is 2.39. The number of imidazole rings is 1. The minimum absolute atomic E-state index is 0.0124. The zero-order valence-electron chi connectivity index (χ0n) is 18.1. The molecule has 1 saturated heterocycles. The number of piperidine rings is 1. The maximum atomic E-state index is 11.9. The van der Waals surface area contributed by atoms with Gasteiger partial charge in [0.1, 0.15) is 5.82 Å². The summed E-state index contributed by atoms with van der Waals surface area (Å²) in [5.74, 6) is 1.66. The van der Waals surface area contributed by atoms with Gasteiger partial charge in [-0.25, -0.2) is 9.78 Å². The molecular weight excluding hydrogens is 388 g/mol. The molecule has 162 valence electrons. The zero-order valence-corrected chi connectivity index (χ0v) is 18.1. The molecule has 0 spiro atoms. The molecule has 0 aliphatic carbocycles. The number of aromatic nitrogens is 2. The number of aryl methyl sites for hydroxylation is 1. The Morgan fingerprint density at radius 3 is 2.77 bits per heavy atom. The number of rotatable bonds is 4. The number of amides is 1. The number of nitrogens with zero attached hydrogens (tertiary/aromatic N) is 3. The molecule has 2 aromatic carbocycles. The summed E-state index contributed by atoms with van der Waals surface area (Å²) in [5, 5.41) is 13.3. The van der Waals surface area contributed by atoms with Gasteiger partial charge in [-0.2, -0.15) is 0 Å². The molecule has 0 radical (unpaired) electrons. The standard InChI is InChI=1S/C25H30N4O2/c1-17-9-10-20-21(29(17)25(30)31)11-12-22-24(20)27-23(14-18-6-3-2-4-7-18)28(22)16-19-8-5-13-26-15-19/h2-4,6-7,11-12,17,19,26H,5,8-10,13-16H2,1H3,(H,30,31). The third-order valence-electron chi connectivity index (χ3n) is 6.84. The highest BCUT2D eigenvalue weighted by Gasteiger charge is 2.31. The summed E-state index contributed by atoms with van der Waals surface area (Å²) >= 11 is 0. The second kappa shape index (κ2) is 8.35. The molecule has 2 aliphatic heterocycles. The van der Waals surface area contributed by atoms with Crippen LogP contribution in [0, 0.1) is 5.92 Å². The van der Waals surface area contributed by atoms with Crippen LogP contribution in [0.5, 0.6) is 0 Å². The first kappa shape index (κ1) is 20.1. The van der Waals surface area contributed by atoms with E-state index in [9.17, 15) is 9.90 Å². The Balaban J connectivity index is 1.61. The van der Waals surface area contributed by atoms with Crippen LogP contribution in [0.15, 0.2) is 42.5 Å². The highest BCUT2D eigenvalue weighted by atomic mass is 16.4. The first-order valence-corrected chi connectivity index (χ1v) is 11.4. The number of nitrogens with one attached hydrogen (secondary N) is 1. The van der Waals surface area contributed by atoms with E-state index < -0.39 is 6.09 Å². The van der Waals surface area contributed by atoms with E-state index in [1.54, 1.807) is 0 Å². The van der Waals surface area contributed by atoms with Crippen molar-refractivity contribution in [3.63, 3.8) is 0 Å². The smallest absolute Gasteiger partial charge is 0.412 e. The lowest BCUT2D eigenvalue weighted by Gasteiger charge is -2.33. The van der Waals surface area contributed by atoms with E-state index in [4.69, 9.17) is 4.98 Å². The Morgan fingerprint density at radius 1 is 1.19 bits per heavy atom. The topological polar surface area (TPSA) is 70.4 Å². The number of benzene rings is 2. The van der Waals surface area contributed by atoms with Crippen molar-refractivity contribution in [3.8, 4) is 0 Å². The lowest BCUT2D eigenvalue weighted by molar-refractivity contribution is 0.198. The Morgan fingerprint density at radius 2 is 2.03 bits per heavy atom. The fourth-order valence-electron chi connectivity index (χ4n) is 5.22. The Bertz CT molecular complexity index is 1090. The lowest BCUT2D eigenvalue weighted by Crippen LogP contribution is -2.41. The Hall–Kier alpha value is -2.86. The van der Waals surface area contributed by atoms with Crippen molar-refractivity contribution in [2.24, 2.45) is 5.92 Å². The average Bonchev–Trinajstić information content (AvgIpc) is 3.11. The van der Waals surface area contributed by atoms with E-state index >= 15 is 0 Å². The normalized spacial score (nSPS) is 21.3. The van der Waals surface area contributed by atoms with Crippen molar-refractivity contribution in [3.05, 3.63) is 59.4 Å². The van der Waals surface area contributed by atoms with Gasteiger partial charge in [0.25, 0.3) is 0 Å². The monoisotopic (exact) mass is 418 g/mol. The molecule has 5 rings (SSSR count). The number of carboxylic acid groups (broad SMARTS) is 1. The molecule has 31 heavy (non-hydrogen) atoms. The van der Waals surface area contributed by atoms with E-state index in [0.717, 1.165) is 67.0 Å². The van der Waals surface area contributed by atoms with Crippen molar-refractivity contribution < 1.29 is 9.90 Å². The van der Waals surface area contributed by atoms with E-state index in [0.29, 0.717) is 5.92 Å². The molecule has 2 atom stereocenters. The van der Waals surface area contributed by atoms with Gasteiger partial charge in [0, 0.05) is 24.6 Å². The number of carbonyl (C=O) groups is 1. The molecule has 6 nitrogen and oxygen atoms in total. The number of anilines is 1. The summed E-state index contributed by atoms with van der Waals surface area (Å²) in [7, 11) is 0. The summed E-state index contributed by atoms with van der Waals surface area (Å²) in [6.07, 6.45) is 4.03. The predicted octanol–water partition coefficient (Wildman–Crippen LogP) is 4.45. The molecule has 3 heterocycles. The van der Waals surface area contributed by atoms with Crippen LogP contribution in [0.2, 0.25) is 0 Å². The summed E-state index contributed by atoms with van der Waals surface area (Å²) in [6, 6.07) is 14.5. The molecule has 2 unspecified atom stereocenters. The van der Waals surface area contributed by atoms with Crippen molar-refractivity contribution >= 4 is 22.8 Å². The van der Waals surface area contributed by atoms with Crippen LogP contribution in [0.1, 0.15) is 43.1 Å². The van der Waals surface area contributed by atoms with Gasteiger partial charge in [-0.3, -0.25) is 4.90 Å². The van der Waals surface area contributed by atoms with Gasteiger partial charge in [0.15, 0.2) is 0 Å². The van der Waals surface area contributed by atoms with Gasteiger partial charge in [-0.15, -0.1) is 0 Å². The second-order valence-corrected chi connectivity index (χ2v) is 8.98. The molecule has 0 saturated carbocycles. The van der Waals surface area contributed by atoms with E-state index in [-0.39, 0.29) is 6.04 Å². The van der Waals surface area contributed by atoms with Gasteiger partial charge >= 0.3 is 6.09 Å². The summed E-state index contributed by atoms with van der Waals surface area (Å²) in [4.78, 5) is 18.6. The van der Waals surface area contributed by atoms with Crippen LogP contribution in [0.25, 0.3) is 11.0 Å². The van der Waals surface area contributed by atoms with Crippen molar-refractivity contribution in [1.29, 1.82) is 0 Å². The van der Waals surface area contributed by atoms with Crippen LogP contribution in [0.4, 0.5) is 10.5 Å². The number of hydrogen-bond acceptors (Lipinski definition) is 3. The molecule has 0 bridgehead atoms. The van der Waals surface area contributed by atoms with Crippen molar-refractivity contribution in [1.82, 2.24) is 14.9 Å². The van der Waals surface area contributed by atoms with Crippen molar-refractivity contribution in [2.45, 2.75) is 51.6 Å². The molecule has 3 aromatic rings. The van der Waals surface area contributed by atoms with Crippen LogP contribution in [0.3, 0.4) is 0 Å². The van der Waals surface area contributed by atoms with Gasteiger partial charge in [0.2, 0.25) is 0 Å². The molecule has 1 amide bonds. The minimum atomic E-state index is -0.884. The predicted molar refractivity (Wildman–Crippen MR) is 123 cm³/mol. The van der Waals surface area contributed by atoms with Crippen LogP contribution >= 0.6 is 0 Å². The maximum Gasteiger partial charge on any atom is 0.412 e. The fraction of sp³-hybridized carbons (Fsp3) is 0.440. The number of fused-ring (bicyclic) bond motifs is 3. The Kier molecular flexibility index (Phi) is 5.40. The maximum absolute atomic E-state index is 11.9. The van der Waals surface area contributed by atoms with E-state index in [1.807, 2.05) is 19.1 Å². The second-order valence-electron chi connectivity index (χ2n) is 8.98. The quantitative estimate of drug-likeness (QED) is 0.657. The van der Waals surface area contributed by atoms with Gasteiger partial charge < -0.3 is 15.0 Å². The average molecular weight is 419 g/mol. The highest BCUT2D eigenvalue weighted by Crippen LogP contribution is 2.36. The first-order chi connectivity index (χ1) is 15.1. The fourth-order valence-corrected chi connectivity index (χ4v) is 5.22. The molecule has 2 N–H and O–H groups in total. The molecule has 1 aromatic heterocycles. The highest BCUT2D eigenvalue weighted by molar-refractivity contribution is 5.94. The van der Waals surface area contributed by atoms with Crippen LogP contribution in [-0.4, -0.2) is 39.9 Å². The van der Waals surface area contributed by atoms with Gasteiger partial charge in [-0.05, 0) is 69.3 Å². The molecular formula is C25H30N4O2. The van der Waals surface area contributed by atoms with Gasteiger partial charge in [-0.1, -0.05) is 30.3 Å². The minimum Gasteiger partial charge on any atom is -0.465 e. The number of hydrogen-bond donors (Lipinski definition) is 2. The lowest BCUT2D eigenvalue weighted by atomic mass is 9.95. The van der Waals surface area contributed by atoms with Gasteiger partial charge in [0.05, 0.1) is 16.7 Å². The van der Waals surface area contributed by atoms with Crippen molar-refractivity contribution in [2.75, 3.05) is 18.0 Å². The molecule has 2 aliphatic rings. The van der Waals surface area contributed by atoms with Crippen LogP contribution in [-0.2, 0) is 19.4 Å². The third kappa shape index (κ3) is 3.81. The van der Waals surface area contributed by atoms with E-state index in [2.05, 4.69) is 40.2 Å². The SMILES string of the molecule is CC1CCc2c(ccc3c2nc(Cc2ccccc2)n3CC2CCCNC2)N1C(=O)O. The van der Waals surface area contributed by atoms with E-state index in [1.165, 1.54) is 23.3 Å². The third-order valence-corrected chi connectivity index (χ3v) is 6.84.